The number of nitriles is 1. The number of rotatable bonds is 8. The number of aromatic nitrogens is 1. The second-order valence-corrected chi connectivity index (χ2v) is 6.27. The number of benzene rings is 1. The Balaban J connectivity index is 1.97. The van der Waals surface area contributed by atoms with Crippen LogP contribution in [-0.2, 0) is 14.3 Å². The molecule has 29 heavy (non-hydrogen) atoms. The molecule has 1 heterocycles. The first-order chi connectivity index (χ1) is 13.8. The predicted molar refractivity (Wildman–Crippen MR) is 103 cm³/mol. The van der Waals surface area contributed by atoms with Crippen LogP contribution in [0.15, 0.2) is 24.3 Å². The monoisotopic (exact) mass is 398 g/mol. The van der Waals surface area contributed by atoms with E-state index in [2.05, 4.69) is 4.98 Å². The van der Waals surface area contributed by atoms with Gasteiger partial charge in [0, 0.05) is 5.69 Å². The molecule has 2 rings (SSSR count). The molecule has 0 saturated carbocycles. The van der Waals surface area contributed by atoms with Gasteiger partial charge in [-0.2, -0.15) is 5.26 Å². The van der Waals surface area contributed by atoms with E-state index in [0.717, 1.165) is 0 Å². The van der Waals surface area contributed by atoms with Gasteiger partial charge in [0.25, 0.3) is 0 Å². The molecule has 1 atom stereocenters. The molecule has 1 N–H and O–H groups in total. The van der Waals surface area contributed by atoms with Gasteiger partial charge in [-0.3, -0.25) is 4.79 Å². The van der Waals surface area contributed by atoms with E-state index in [0.29, 0.717) is 28.1 Å². The molecule has 0 unspecified atom stereocenters. The van der Waals surface area contributed by atoms with Crippen LogP contribution < -0.4 is 4.74 Å². The van der Waals surface area contributed by atoms with Gasteiger partial charge in [-0.25, -0.2) is 9.59 Å². The number of carbonyl (C=O) groups is 3. The Kier molecular flexibility index (Phi) is 7.15. The molecule has 0 spiro atoms. The van der Waals surface area contributed by atoms with Crippen molar-refractivity contribution in [1.82, 2.24) is 4.98 Å². The van der Waals surface area contributed by atoms with Gasteiger partial charge in [0.15, 0.2) is 12.7 Å². The second-order valence-electron chi connectivity index (χ2n) is 6.27. The molecule has 0 aliphatic heterocycles. The second kappa shape index (κ2) is 9.55. The van der Waals surface area contributed by atoms with E-state index >= 15 is 0 Å². The molecule has 8 nitrogen and oxygen atoms in total. The number of carbonyl (C=O) groups excluding carboxylic acids is 3. The Morgan fingerprint density at radius 1 is 1.14 bits per heavy atom. The van der Waals surface area contributed by atoms with Crippen LogP contribution in [-0.4, -0.2) is 42.0 Å². The fourth-order valence-electron chi connectivity index (χ4n) is 2.72. The summed E-state index contributed by atoms with van der Waals surface area (Å²) in [5.74, 6) is -1.30. The third-order valence-electron chi connectivity index (χ3n) is 4.17. The molecule has 152 valence electrons. The van der Waals surface area contributed by atoms with Gasteiger partial charge in [0.2, 0.25) is 5.78 Å². The lowest BCUT2D eigenvalue weighted by molar-refractivity contribution is -0.149. The molecule has 0 amide bonds. The number of Topliss-reactive ketones (excluding diaryl/α,β-unsaturated/α-hetero) is 1. The average molecular weight is 398 g/mol. The number of hydrogen-bond acceptors (Lipinski definition) is 7. The Morgan fingerprint density at radius 3 is 2.38 bits per heavy atom. The summed E-state index contributed by atoms with van der Waals surface area (Å²) in [6, 6.07) is 8.24. The van der Waals surface area contributed by atoms with E-state index in [1.807, 2.05) is 6.07 Å². The van der Waals surface area contributed by atoms with Crippen LogP contribution in [0.4, 0.5) is 0 Å². The van der Waals surface area contributed by atoms with E-state index in [9.17, 15) is 14.4 Å². The van der Waals surface area contributed by atoms with E-state index in [-0.39, 0.29) is 12.3 Å². The molecule has 0 radical (unpaired) electrons. The van der Waals surface area contributed by atoms with E-state index in [4.69, 9.17) is 19.5 Å². The SMILES string of the molecule is CCOC(=O)c1c(C)[nH]c(C(=O)COC(=O)[C@@H](C)Oc2ccc(C#N)cc2)c1C. The van der Waals surface area contributed by atoms with Gasteiger partial charge < -0.3 is 19.2 Å². The molecule has 1 aromatic heterocycles. The zero-order valence-electron chi connectivity index (χ0n) is 16.7. The molecule has 0 fully saturated rings. The number of ketones is 1. The van der Waals surface area contributed by atoms with E-state index in [1.165, 1.54) is 6.92 Å². The number of nitrogens with zero attached hydrogens (tertiary/aromatic N) is 1. The minimum atomic E-state index is -0.947. The van der Waals surface area contributed by atoms with Crippen LogP contribution in [0.1, 0.15) is 51.5 Å². The third kappa shape index (κ3) is 5.23. The zero-order chi connectivity index (χ0) is 21.6. The van der Waals surface area contributed by atoms with Crippen molar-refractivity contribution < 1.29 is 28.6 Å². The number of ether oxygens (including phenoxy) is 3. The molecule has 0 aliphatic rings. The number of nitrogens with one attached hydrogen (secondary N) is 1. The Bertz CT molecular complexity index is 953. The maximum Gasteiger partial charge on any atom is 0.347 e. The highest BCUT2D eigenvalue weighted by Gasteiger charge is 2.24. The van der Waals surface area contributed by atoms with Crippen LogP contribution in [0.2, 0.25) is 0 Å². The maximum atomic E-state index is 12.4. The number of H-pyrrole nitrogens is 1. The number of aromatic amines is 1. The summed E-state index contributed by atoms with van der Waals surface area (Å²) < 4.78 is 15.5. The Labute approximate surface area is 168 Å². The van der Waals surface area contributed by atoms with Crippen LogP contribution in [0.5, 0.6) is 5.75 Å². The summed E-state index contributed by atoms with van der Waals surface area (Å²) in [5.41, 5.74) is 1.92. The Morgan fingerprint density at radius 2 is 1.79 bits per heavy atom. The molecule has 0 bridgehead atoms. The smallest absolute Gasteiger partial charge is 0.347 e. The maximum absolute atomic E-state index is 12.4. The highest BCUT2D eigenvalue weighted by atomic mass is 16.6. The van der Waals surface area contributed by atoms with Crippen molar-refractivity contribution in [3.63, 3.8) is 0 Å². The summed E-state index contributed by atoms with van der Waals surface area (Å²) >= 11 is 0. The molecule has 8 heteroatoms. The van der Waals surface area contributed by atoms with Crippen molar-refractivity contribution >= 4 is 17.7 Å². The van der Waals surface area contributed by atoms with E-state index < -0.39 is 30.4 Å². The summed E-state index contributed by atoms with van der Waals surface area (Å²) in [6.45, 7) is 6.20. The fourth-order valence-corrected chi connectivity index (χ4v) is 2.72. The molecule has 0 aliphatic carbocycles. The van der Waals surface area contributed by atoms with Crippen molar-refractivity contribution in [1.29, 1.82) is 5.26 Å². The van der Waals surface area contributed by atoms with Crippen molar-refractivity contribution in [2.45, 2.75) is 33.8 Å². The van der Waals surface area contributed by atoms with Gasteiger partial charge in [-0.1, -0.05) is 0 Å². The molecular formula is C21H22N2O6. The highest BCUT2D eigenvalue weighted by Crippen LogP contribution is 2.20. The highest BCUT2D eigenvalue weighted by molar-refractivity contribution is 6.02. The van der Waals surface area contributed by atoms with E-state index in [1.54, 1.807) is 45.0 Å². The summed E-state index contributed by atoms with van der Waals surface area (Å²) in [6.07, 6.45) is -0.947. The van der Waals surface area contributed by atoms with Gasteiger partial charge in [0.1, 0.15) is 5.75 Å². The van der Waals surface area contributed by atoms with Crippen LogP contribution >= 0.6 is 0 Å². The number of esters is 2. The van der Waals surface area contributed by atoms with Gasteiger partial charge >= 0.3 is 11.9 Å². The first-order valence-electron chi connectivity index (χ1n) is 9.01. The lowest BCUT2D eigenvalue weighted by Gasteiger charge is -2.13. The van der Waals surface area contributed by atoms with Crippen molar-refractivity contribution in [2.75, 3.05) is 13.2 Å². The first-order valence-corrected chi connectivity index (χ1v) is 9.01. The lowest BCUT2D eigenvalue weighted by atomic mass is 10.1. The molecule has 0 saturated heterocycles. The first kappa shape index (κ1) is 21.7. The summed E-state index contributed by atoms with van der Waals surface area (Å²) in [4.78, 5) is 39.4. The van der Waals surface area contributed by atoms with Gasteiger partial charge in [-0.15, -0.1) is 0 Å². The minimum Gasteiger partial charge on any atom is -0.479 e. The summed E-state index contributed by atoms with van der Waals surface area (Å²) in [7, 11) is 0. The standard InChI is InChI=1S/C21H22N2O6/c1-5-27-21(26)18-12(2)19(23-13(18)3)17(24)11-28-20(25)14(4)29-16-8-6-15(10-22)7-9-16/h6-9,14,23H,5,11H2,1-4H3/t14-/m1/s1. The van der Waals surface area contributed by atoms with Crippen LogP contribution in [0.25, 0.3) is 0 Å². The predicted octanol–water partition coefficient (Wildman–Crippen LogP) is 2.87. The molecule has 1 aromatic carbocycles. The van der Waals surface area contributed by atoms with Crippen LogP contribution in [0.3, 0.4) is 0 Å². The zero-order valence-corrected chi connectivity index (χ0v) is 16.7. The summed E-state index contributed by atoms with van der Waals surface area (Å²) in [5, 5.41) is 8.78. The topological polar surface area (TPSA) is 118 Å². The average Bonchev–Trinajstić information content (AvgIpc) is 3.00. The Hall–Kier alpha value is -3.60. The van der Waals surface area contributed by atoms with Crippen LogP contribution in [0, 0.1) is 25.2 Å². The third-order valence-corrected chi connectivity index (χ3v) is 4.17. The van der Waals surface area contributed by atoms with Gasteiger partial charge in [0.05, 0.1) is 29.5 Å². The lowest BCUT2D eigenvalue weighted by Crippen LogP contribution is -2.28. The number of aryl methyl sites for hydroxylation is 1. The van der Waals surface area contributed by atoms with Crippen molar-refractivity contribution in [3.05, 3.63) is 52.3 Å². The molecular weight excluding hydrogens is 376 g/mol. The minimum absolute atomic E-state index is 0.194. The quantitative estimate of drug-likeness (QED) is 0.536. The number of hydrogen-bond donors (Lipinski definition) is 1. The molecule has 2 aromatic rings. The largest absolute Gasteiger partial charge is 0.479 e. The fraction of sp³-hybridized carbons (Fsp3) is 0.333. The van der Waals surface area contributed by atoms with Crippen molar-refractivity contribution in [2.24, 2.45) is 0 Å². The van der Waals surface area contributed by atoms with Gasteiger partial charge in [-0.05, 0) is 57.5 Å². The normalized spacial score (nSPS) is 11.3. The van der Waals surface area contributed by atoms with Crippen molar-refractivity contribution in [3.8, 4) is 11.8 Å².